The van der Waals surface area contributed by atoms with Crippen LogP contribution in [-0.4, -0.2) is 20.3 Å². The van der Waals surface area contributed by atoms with Gasteiger partial charge in [-0.05, 0) is 36.8 Å². The average Bonchev–Trinajstić information content (AvgIpc) is 2.49. The van der Waals surface area contributed by atoms with Crippen LogP contribution in [0.5, 0.6) is 11.5 Å². The Bertz CT molecular complexity index is 433. The standard InChI is InChI=1S/C17H27NO2/c1-4-5-12-6-9-16(18)15(10-12)14-8-7-13(19-2)11-17(14)20-3/h7-8,11-12,15-16H,4-6,9-10,18H2,1-3H3. The summed E-state index contributed by atoms with van der Waals surface area (Å²) in [5.41, 5.74) is 7.61. The number of nitrogens with two attached hydrogens (primary N) is 1. The maximum Gasteiger partial charge on any atom is 0.126 e. The van der Waals surface area contributed by atoms with Crippen molar-refractivity contribution in [3.63, 3.8) is 0 Å². The van der Waals surface area contributed by atoms with Gasteiger partial charge in [0.1, 0.15) is 11.5 Å². The van der Waals surface area contributed by atoms with Crippen molar-refractivity contribution in [3.8, 4) is 11.5 Å². The molecule has 0 amide bonds. The fourth-order valence-corrected chi connectivity index (χ4v) is 3.43. The Labute approximate surface area is 122 Å². The summed E-state index contributed by atoms with van der Waals surface area (Å²) in [6.45, 7) is 2.26. The lowest BCUT2D eigenvalue weighted by atomic mass is 9.73. The van der Waals surface area contributed by atoms with E-state index < -0.39 is 0 Å². The van der Waals surface area contributed by atoms with Gasteiger partial charge in [-0.25, -0.2) is 0 Å². The minimum Gasteiger partial charge on any atom is -0.497 e. The molecule has 3 heteroatoms. The first kappa shape index (κ1) is 15.2. The monoisotopic (exact) mass is 277 g/mol. The highest BCUT2D eigenvalue weighted by molar-refractivity contribution is 5.43. The Morgan fingerprint density at radius 1 is 1.20 bits per heavy atom. The van der Waals surface area contributed by atoms with Crippen LogP contribution in [0.4, 0.5) is 0 Å². The molecule has 1 saturated carbocycles. The van der Waals surface area contributed by atoms with Crippen molar-refractivity contribution >= 4 is 0 Å². The molecule has 0 aliphatic heterocycles. The zero-order valence-corrected chi connectivity index (χ0v) is 12.9. The molecule has 0 saturated heterocycles. The first-order chi connectivity index (χ1) is 9.69. The molecule has 0 heterocycles. The van der Waals surface area contributed by atoms with E-state index in [1.165, 1.54) is 31.2 Å². The first-order valence-electron chi connectivity index (χ1n) is 7.67. The van der Waals surface area contributed by atoms with E-state index in [2.05, 4.69) is 13.0 Å². The molecule has 1 fully saturated rings. The molecule has 1 aromatic carbocycles. The predicted octanol–water partition coefficient (Wildman–Crippen LogP) is 3.71. The van der Waals surface area contributed by atoms with Gasteiger partial charge in [-0.3, -0.25) is 0 Å². The molecule has 3 nitrogen and oxygen atoms in total. The second-order valence-electron chi connectivity index (χ2n) is 5.85. The van der Waals surface area contributed by atoms with Crippen molar-refractivity contribution in [2.24, 2.45) is 11.7 Å². The van der Waals surface area contributed by atoms with Crippen LogP contribution in [0.15, 0.2) is 18.2 Å². The van der Waals surface area contributed by atoms with Crippen molar-refractivity contribution in [3.05, 3.63) is 23.8 Å². The minimum atomic E-state index is 0.241. The van der Waals surface area contributed by atoms with Gasteiger partial charge < -0.3 is 15.2 Å². The highest BCUT2D eigenvalue weighted by Gasteiger charge is 2.30. The van der Waals surface area contributed by atoms with E-state index in [4.69, 9.17) is 15.2 Å². The van der Waals surface area contributed by atoms with E-state index in [1.807, 2.05) is 12.1 Å². The predicted molar refractivity (Wildman–Crippen MR) is 82.5 cm³/mol. The summed E-state index contributed by atoms with van der Waals surface area (Å²) >= 11 is 0. The number of hydrogen-bond acceptors (Lipinski definition) is 3. The van der Waals surface area contributed by atoms with E-state index in [0.29, 0.717) is 5.92 Å². The van der Waals surface area contributed by atoms with Crippen LogP contribution in [0.3, 0.4) is 0 Å². The molecule has 1 aliphatic rings. The van der Waals surface area contributed by atoms with E-state index in [1.54, 1.807) is 14.2 Å². The topological polar surface area (TPSA) is 44.5 Å². The quantitative estimate of drug-likeness (QED) is 0.892. The maximum absolute atomic E-state index is 6.38. The fourth-order valence-electron chi connectivity index (χ4n) is 3.43. The van der Waals surface area contributed by atoms with Crippen molar-refractivity contribution < 1.29 is 9.47 Å². The summed E-state index contributed by atoms with van der Waals surface area (Å²) < 4.78 is 10.8. The minimum absolute atomic E-state index is 0.241. The van der Waals surface area contributed by atoms with Crippen LogP contribution >= 0.6 is 0 Å². The lowest BCUT2D eigenvalue weighted by molar-refractivity contribution is 0.269. The molecular weight excluding hydrogens is 250 g/mol. The smallest absolute Gasteiger partial charge is 0.126 e. The molecule has 0 bridgehead atoms. The van der Waals surface area contributed by atoms with Gasteiger partial charge in [0.15, 0.2) is 0 Å². The Kier molecular flexibility index (Phi) is 5.30. The van der Waals surface area contributed by atoms with E-state index in [9.17, 15) is 0 Å². The van der Waals surface area contributed by atoms with Crippen molar-refractivity contribution in [1.29, 1.82) is 0 Å². The summed E-state index contributed by atoms with van der Waals surface area (Å²) in [4.78, 5) is 0. The highest BCUT2D eigenvalue weighted by atomic mass is 16.5. The Morgan fingerprint density at radius 3 is 2.65 bits per heavy atom. The van der Waals surface area contributed by atoms with Gasteiger partial charge in [0.2, 0.25) is 0 Å². The van der Waals surface area contributed by atoms with Gasteiger partial charge in [-0.15, -0.1) is 0 Å². The number of hydrogen-bond donors (Lipinski definition) is 1. The molecule has 3 atom stereocenters. The normalized spacial score (nSPS) is 26.3. The molecule has 20 heavy (non-hydrogen) atoms. The molecule has 0 radical (unpaired) electrons. The van der Waals surface area contributed by atoms with E-state index in [-0.39, 0.29) is 6.04 Å². The number of rotatable bonds is 5. The van der Waals surface area contributed by atoms with Crippen LogP contribution in [0, 0.1) is 5.92 Å². The summed E-state index contributed by atoms with van der Waals surface area (Å²) in [7, 11) is 3.40. The van der Waals surface area contributed by atoms with E-state index in [0.717, 1.165) is 23.8 Å². The summed E-state index contributed by atoms with van der Waals surface area (Å²) in [5.74, 6) is 2.94. The largest absolute Gasteiger partial charge is 0.497 e. The zero-order valence-electron chi connectivity index (χ0n) is 12.9. The van der Waals surface area contributed by atoms with Crippen molar-refractivity contribution in [1.82, 2.24) is 0 Å². The van der Waals surface area contributed by atoms with Crippen molar-refractivity contribution in [2.75, 3.05) is 14.2 Å². The van der Waals surface area contributed by atoms with E-state index >= 15 is 0 Å². The summed E-state index contributed by atoms with van der Waals surface area (Å²) in [5, 5.41) is 0. The van der Waals surface area contributed by atoms with Crippen LogP contribution < -0.4 is 15.2 Å². The van der Waals surface area contributed by atoms with Gasteiger partial charge in [0.25, 0.3) is 0 Å². The Balaban J connectivity index is 2.23. The maximum atomic E-state index is 6.38. The van der Waals surface area contributed by atoms with Gasteiger partial charge >= 0.3 is 0 Å². The molecule has 0 aromatic heterocycles. The summed E-state index contributed by atoms with van der Waals surface area (Å²) in [6.07, 6.45) is 6.13. The number of methoxy groups -OCH3 is 2. The fraction of sp³-hybridized carbons (Fsp3) is 0.647. The first-order valence-corrected chi connectivity index (χ1v) is 7.67. The molecule has 3 unspecified atom stereocenters. The summed E-state index contributed by atoms with van der Waals surface area (Å²) in [6, 6.07) is 6.33. The van der Waals surface area contributed by atoms with Crippen molar-refractivity contribution in [2.45, 2.75) is 51.0 Å². The number of ether oxygens (including phenoxy) is 2. The van der Waals surface area contributed by atoms with Gasteiger partial charge in [0, 0.05) is 18.0 Å². The second-order valence-corrected chi connectivity index (χ2v) is 5.85. The molecule has 1 aromatic rings. The van der Waals surface area contributed by atoms with Crippen LogP contribution in [0.2, 0.25) is 0 Å². The molecule has 1 aliphatic carbocycles. The highest BCUT2D eigenvalue weighted by Crippen LogP contribution is 2.41. The van der Waals surface area contributed by atoms with Gasteiger partial charge in [0.05, 0.1) is 14.2 Å². The van der Waals surface area contributed by atoms with Crippen LogP contribution in [-0.2, 0) is 0 Å². The van der Waals surface area contributed by atoms with Crippen LogP contribution in [0.1, 0.15) is 50.5 Å². The average molecular weight is 277 g/mol. The Hall–Kier alpha value is -1.22. The molecule has 112 valence electrons. The third-order valence-electron chi connectivity index (χ3n) is 4.55. The number of benzene rings is 1. The SMILES string of the molecule is CCCC1CCC(N)C(c2ccc(OC)cc2OC)C1. The molecule has 2 N–H and O–H groups in total. The zero-order chi connectivity index (χ0) is 14.5. The molecule has 2 rings (SSSR count). The van der Waals surface area contributed by atoms with Gasteiger partial charge in [-0.1, -0.05) is 25.8 Å². The lowest BCUT2D eigenvalue weighted by Crippen LogP contribution is -2.34. The lowest BCUT2D eigenvalue weighted by Gasteiger charge is -2.35. The van der Waals surface area contributed by atoms with Crippen LogP contribution in [0.25, 0.3) is 0 Å². The Morgan fingerprint density at radius 2 is 2.00 bits per heavy atom. The third-order valence-corrected chi connectivity index (χ3v) is 4.55. The third kappa shape index (κ3) is 3.26. The van der Waals surface area contributed by atoms with Gasteiger partial charge in [-0.2, -0.15) is 0 Å². The molecule has 0 spiro atoms. The molecular formula is C17H27NO2. The second kappa shape index (κ2) is 6.98.